The first-order chi connectivity index (χ1) is 11.8. The van der Waals surface area contributed by atoms with Crippen molar-refractivity contribution in [2.45, 2.75) is 44.1 Å². The molecule has 5 nitrogen and oxygen atoms in total. The third kappa shape index (κ3) is 3.94. The van der Waals surface area contributed by atoms with Gasteiger partial charge in [0.25, 0.3) is 5.91 Å². The quantitative estimate of drug-likeness (QED) is 0.766. The maximum atomic E-state index is 12.9. The van der Waals surface area contributed by atoms with Crippen molar-refractivity contribution in [3.63, 3.8) is 0 Å². The summed E-state index contributed by atoms with van der Waals surface area (Å²) in [6.07, 6.45) is 1.32. The fourth-order valence-electron chi connectivity index (χ4n) is 3.41. The van der Waals surface area contributed by atoms with Crippen LogP contribution in [0.25, 0.3) is 0 Å². The molecule has 1 aromatic carbocycles. The smallest absolute Gasteiger partial charge is 0.410 e. The maximum Gasteiger partial charge on any atom is 0.410 e. The Hall–Kier alpha value is -1.69. The molecular weight excluding hydrogens is 336 g/mol. The van der Waals surface area contributed by atoms with E-state index in [1.807, 2.05) is 67.8 Å². The highest BCUT2D eigenvalue weighted by Crippen LogP contribution is 2.44. The summed E-state index contributed by atoms with van der Waals surface area (Å²) >= 11 is 1.85. The molecule has 0 unspecified atom stereocenters. The minimum Gasteiger partial charge on any atom is -0.444 e. The molecule has 6 heteroatoms. The number of carbonyl (C=O) groups excluding carboxylic acids is 2. The van der Waals surface area contributed by atoms with Gasteiger partial charge in [0.15, 0.2) is 0 Å². The van der Waals surface area contributed by atoms with Crippen LogP contribution in [0.3, 0.4) is 0 Å². The summed E-state index contributed by atoms with van der Waals surface area (Å²) < 4.78 is 5.47. The van der Waals surface area contributed by atoms with E-state index in [0.29, 0.717) is 13.1 Å². The number of nitrogens with zero attached hydrogens (tertiary/aromatic N) is 2. The molecule has 0 saturated carbocycles. The van der Waals surface area contributed by atoms with Crippen molar-refractivity contribution in [2.75, 3.05) is 25.4 Å². The van der Waals surface area contributed by atoms with Crippen LogP contribution in [0.4, 0.5) is 4.79 Å². The SMILES string of the molecule is CC(C)(C)OC(=O)N1CCC2(CC1)SCCN2C(=O)c1ccccc1. The molecular formula is C19H26N2O3S. The lowest BCUT2D eigenvalue weighted by Crippen LogP contribution is -2.54. The van der Waals surface area contributed by atoms with Gasteiger partial charge in [-0.05, 0) is 45.7 Å². The molecule has 2 aliphatic heterocycles. The first-order valence-electron chi connectivity index (χ1n) is 8.80. The van der Waals surface area contributed by atoms with Gasteiger partial charge in [-0.25, -0.2) is 4.79 Å². The van der Waals surface area contributed by atoms with E-state index in [2.05, 4.69) is 0 Å². The van der Waals surface area contributed by atoms with Gasteiger partial charge >= 0.3 is 6.09 Å². The van der Waals surface area contributed by atoms with Gasteiger partial charge in [-0.15, -0.1) is 11.8 Å². The Morgan fingerprint density at radius 1 is 1.08 bits per heavy atom. The van der Waals surface area contributed by atoms with Crippen LogP contribution in [0.1, 0.15) is 44.0 Å². The van der Waals surface area contributed by atoms with Crippen molar-refractivity contribution in [3.8, 4) is 0 Å². The lowest BCUT2D eigenvalue weighted by molar-refractivity contribution is 0.0131. The number of amides is 2. The summed E-state index contributed by atoms with van der Waals surface area (Å²) in [4.78, 5) is 28.8. The number of rotatable bonds is 1. The van der Waals surface area contributed by atoms with Gasteiger partial charge < -0.3 is 14.5 Å². The van der Waals surface area contributed by atoms with Crippen LogP contribution < -0.4 is 0 Å². The molecule has 0 bridgehead atoms. The standard InChI is InChI=1S/C19H26N2O3S/c1-18(2,3)24-17(23)20-11-9-19(10-12-20)21(13-14-25-19)16(22)15-7-5-4-6-8-15/h4-8H,9-14H2,1-3H3. The fourth-order valence-corrected chi connectivity index (χ4v) is 4.87. The van der Waals surface area contributed by atoms with E-state index < -0.39 is 5.60 Å². The predicted molar refractivity (Wildman–Crippen MR) is 99.7 cm³/mol. The molecule has 2 amide bonds. The van der Waals surface area contributed by atoms with Gasteiger partial charge in [0, 0.05) is 31.0 Å². The van der Waals surface area contributed by atoms with Gasteiger partial charge in [-0.3, -0.25) is 4.79 Å². The van der Waals surface area contributed by atoms with Crippen LogP contribution in [0.2, 0.25) is 0 Å². The summed E-state index contributed by atoms with van der Waals surface area (Å²) in [5.41, 5.74) is 0.253. The molecule has 2 fully saturated rings. The van der Waals surface area contributed by atoms with Gasteiger partial charge in [0.05, 0.1) is 4.87 Å². The Bertz CT molecular complexity index is 634. The largest absolute Gasteiger partial charge is 0.444 e. The molecule has 2 saturated heterocycles. The van der Waals surface area contributed by atoms with Crippen molar-refractivity contribution >= 4 is 23.8 Å². The van der Waals surface area contributed by atoms with Crippen molar-refractivity contribution in [1.29, 1.82) is 0 Å². The van der Waals surface area contributed by atoms with Crippen LogP contribution in [-0.4, -0.2) is 57.7 Å². The van der Waals surface area contributed by atoms with E-state index in [9.17, 15) is 9.59 Å². The Labute approximate surface area is 153 Å². The Balaban J connectivity index is 1.67. The minimum absolute atomic E-state index is 0.0938. The lowest BCUT2D eigenvalue weighted by atomic mass is 10.0. The zero-order valence-corrected chi connectivity index (χ0v) is 16.0. The van der Waals surface area contributed by atoms with Crippen LogP contribution in [0, 0.1) is 0 Å². The summed E-state index contributed by atoms with van der Waals surface area (Å²) in [6.45, 7) is 7.65. The lowest BCUT2D eigenvalue weighted by Gasteiger charge is -2.44. The zero-order chi connectivity index (χ0) is 18.1. The number of hydrogen-bond acceptors (Lipinski definition) is 4. The summed E-state index contributed by atoms with van der Waals surface area (Å²) in [5.74, 6) is 1.04. The Morgan fingerprint density at radius 3 is 2.32 bits per heavy atom. The van der Waals surface area contributed by atoms with Gasteiger partial charge in [-0.1, -0.05) is 18.2 Å². The second kappa shape index (κ2) is 6.90. The van der Waals surface area contributed by atoms with E-state index in [4.69, 9.17) is 4.74 Å². The highest BCUT2D eigenvalue weighted by Gasteiger charge is 2.47. The molecule has 1 aromatic rings. The molecule has 3 rings (SSSR count). The van der Waals surface area contributed by atoms with Crippen LogP contribution in [-0.2, 0) is 4.74 Å². The predicted octanol–water partition coefficient (Wildman–Crippen LogP) is 3.60. The molecule has 25 heavy (non-hydrogen) atoms. The molecule has 2 heterocycles. The number of thioether (sulfide) groups is 1. The highest BCUT2D eigenvalue weighted by molar-refractivity contribution is 8.00. The highest BCUT2D eigenvalue weighted by atomic mass is 32.2. The van der Waals surface area contributed by atoms with E-state index in [-0.39, 0.29) is 16.9 Å². The summed E-state index contributed by atoms with van der Waals surface area (Å²) in [6, 6.07) is 9.46. The third-order valence-electron chi connectivity index (χ3n) is 4.64. The van der Waals surface area contributed by atoms with Gasteiger partial charge in [0.1, 0.15) is 5.60 Å². The van der Waals surface area contributed by atoms with Crippen molar-refractivity contribution in [1.82, 2.24) is 9.80 Å². The number of likely N-dealkylation sites (tertiary alicyclic amines) is 1. The second-order valence-electron chi connectivity index (χ2n) is 7.58. The van der Waals surface area contributed by atoms with Gasteiger partial charge in [-0.2, -0.15) is 0 Å². The minimum atomic E-state index is -0.483. The third-order valence-corrected chi connectivity index (χ3v) is 6.19. The molecule has 1 spiro atoms. The molecule has 136 valence electrons. The molecule has 0 N–H and O–H groups in total. The van der Waals surface area contributed by atoms with E-state index >= 15 is 0 Å². The first kappa shape index (κ1) is 18.1. The van der Waals surface area contributed by atoms with Crippen molar-refractivity contribution < 1.29 is 14.3 Å². The molecule has 0 atom stereocenters. The monoisotopic (exact) mass is 362 g/mol. The summed E-state index contributed by atoms with van der Waals surface area (Å²) in [7, 11) is 0. The molecule has 0 radical (unpaired) electrons. The van der Waals surface area contributed by atoms with Crippen LogP contribution in [0.5, 0.6) is 0 Å². The average Bonchev–Trinajstić information content (AvgIpc) is 2.97. The number of hydrogen-bond donors (Lipinski definition) is 0. The van der Waals surface area contributed by atoms with Gasteiger partial charge in [0.2, 0.25) is 0 Å². The van der Waals surface area contributed by atoms with E-state index in [1.54, 1.807) is 4.90 Å². The van der Waals surface area contributed by atoms with E-state index in [0.717, 1.165) is 30.7 Å². The zero-order valence-electron chi connectivity index (χ0n) is 15.2. The number of ether oxygens (including phenoxy) is 1. The maximum absolute atomic E-state index is 12.9. The van der Waals surface area contributed by atoms with Crippen LogP contribution >= 0.6 is 11.8 Å². The Morgan fingerprint density at radius 2 is 1.72 bits per heavy atom. The van der Waals surface area contributed by atoms with Crippen LogP contribution in [0.15, 0.2) is 30.3 Å². The average molecular weight is 362 g/mol. The van der Waals surface area contributed by atoms with E-state index in [1.165, 1.54) is 0 Å². The van der Waals surface area contributed by atoms with Crippen molar-refractivity contribution in [3.05, 3.63) is 35.9 Å². The Kier molecular flexibility index (Phi) is 5.00. The number of benzene rings is 1. The normalized spacial score (nSPS) is 20.0. The summed E-state index contributed by atoms with van der Waals surface area (Å²) in [5, 5.41) is 0. The molecule has 2 aliphatic rings. The molecule has 0 aromatic heterocycles. The molecule has 0 aliphatic carbocycles. The second-order valence-corrected chi connectivity index (χ2v) is 9.04. The number of carbonyl (C=O) groups is 2. The topological polar surface area (TPSA) is 49.9 Å². The first-order valence-corrected chi connectivity index (χ1v) is 9.78. The van der Waals surface area contributed by atoms with Crippen molar-refractivity contribution in [2.24, 2.45) is 0 Å². The number of piperidine rings is 1. The fraction of sp³-hybridized carbons (Fsp3) is 0.579.